The summed E-state index contributed by atoms with van der Waals surface area (Å²) in [4.78, 5) is 0. The molecule has 3 atom stereocenters. The smallest absolute Gasteiger partial charge is 0.0724 e. The Hall–Kier alpha value is -0.120. The van der Waals surface area contributed by atoms with E-state index in [1.807, 2.05) is 0 Å². The summed E-state index contributed by atoms with van der Waals surface area (Å²) in [7, 11) is 1.78. The molecule has 0 aromatic carbocycles. The van der Waals surface area contributed by atoms with Crippen LogP contribution < -0.4 is 5.32 Å². The minimum Gasteiger partial charge on any atom is -0.395 e. The van der Waals surface area contributed by atoms with E-state index in [4.69, 9.17) is 9.84 Å². The first kappa shape index (κ1) is 12.0. The third kappa shape index (κ3) is 3.23. The molecule has 0 aliphatic heterocycles. The van der Waals surface area contributed by atoms with Crippen molar-refractivity contribution in [1.29, 1.82) is 0 Å². The van der Waals surface area contributed by atoms with Gasteiger partial charge in [-0.3, -0.25) is 0 Å². The van der Waals surface area contributed by atoms with Crippen molar-refractivity contribution in [1.82, 2.24) is 5.32 Å². The highest BCUT2D eigenvalue weighted by Gasteiger charge is 2.26. The average molecular weight is 201 g/mol. The van der Waals surface area contributed by atoms with Crippen LogP contribution in [0.2, 0.25) is 0 Å². The number of hydrogen-bond acceptors (Lipinski definition) is 3. The van der Waals surface area contributed by atoms with Crippen LogP contribution in [0.3, 0.4) is 0 Å². The second-order valence-corrected chi connectivity index (χ2v) is 4.12. The van der Waals surface area contributed by atoms with Gasteiger partial charge in [-0.15, -0.1) is 0 Å². The molecular weight excluding hydrogens is 178 g/mol. The molecular formula is C11H23NO2. The van der Waals surface area contributed by atoms with E-state index < -0.39 is 0 Å². The van der Waals surface area contributed by atoms with Gasteiger partial charge in [-0.25, -0.2) is 0 Å². The molecule has 0 radical (unpaired) electrons. The first-order valence-corrected chi connectivity index (χ1v) is 5.71. The Labute approximate surface area is 86.8 Å². The Kier molecular flexibility index (Phi) is 5.45. The number of aliphatic hydroxyl groups is 1. The van der Waals surface area contributed by atoms with Crippen LogP contribution in [0.4, 0.5) is 0 Å². The summed E-state index contributed by atoms with van der Waals surface area (Å²) in [5, 5.41) is 12.6. The average Bonchev–Trinajstić information content (AvgIpc) is 2.26. The van der Waals surface area contributed by atoms with Gasteiger partial charge in [0, 0.05) is 19.2 Å². The largest absolute Gasteiger partial charge is 0.395 e. The quantitative estimate of drug-likeness (QED) is 0.704. The van der Waals surface area contributed by atoms with Crippen LogP contribution in [-0.2, 0) is 4.74 Å². The fraction of sp³-hybridized carbons (Fsp3) is 1.00. The van der Waals surface area contributed by atoms with Crippen molar-refractivity contribution >= 4 is 0 Å². The van der Waals surface area contributed by atoms with Crippen LogP contribution in [0.1, 0.15) is 39.0 Å². The second-order valence-electron chi connectivity index (χ2n) is 4.12. The van der Waals surface area contributed by atoms with Gasteiger partial charge in [0.2, 0.25) is 0 Å². The van der Waals surface area contributed by atoms with Crippen molar-refractivity contribution in [3.05, 3.63) is 0 Å². The summed E-state index contributed by atoms with van der Waals surface area (Å²) in [6, 6.07) is 0.668. The SMILES string of the molecule is CC[C@H](CO)NC1CCCCC1OC. The Bertz CT molecular complexity index is 148. The van der Waals surface area contributed by atoms with Crippen LogP contribution in [0.5, 0.6) is 0 Å². The van der Waals surface area contributed by atoms with Gasteiger partial charge < -0.3 is 15.2 Å². The molecule has 1 saturated carbocycles. The van der Waals surface area contributed by atoms with E-state index >= 15 is 0 Å². The molecule has 0 bridgehead atoms. The molecule has 3 nitrogen and oxygen atoms in total. The van der Waals surface area contributed by atoms with Crippen molar-refractivity contribution < 1.29 is 9.84 Å². The lowest BCUT2D eigenvalue weighted by Gasteiger charge is -2.33. The van der Waals surface area contributed by atoms with Gasteiger partial charge in [0.05, 0.1) is 12.7 Å². The molecule has 0 saturated heterocycles. The van der Waals surface area contributed by atoms with Crippen LogP contribution in [0, 0.1) is 0 Å². The standard InChI is InChI=1S/C11H23NO2/c1-3-9(8-13)12-10-6-4-5-7-11(10)14-2/h9-13H,3-8H2,1-2H3/t9-,10?,11?/m1/s1. The highest BCUT2D eigenvalue weighted by molar-refractivity contribution is 4.84. The van der Waals surface area contributed by atoms with Gasteiger partial charge in [-0.05, 0) is 19.3 Å². The topological polar surface area (TPSA) is 41.5 Å². The normalized spacial score (nSPS) is 30.2. The van der Waals surface area contributed by atoms with Gasteiger partial charge in [0.15, 0.2) is 0 Å². The van der Waals surface area contributed by atoms with Crippen molar-refractivity contribution in [3.63, 3.8) is 0 Å². The van der Waals surface area contributed by atoms with Crippen LogP contribution in [-0.4, -0.2) is 37.0 Å². The first-order chi connectivity index (χ1) is 6.81. The second kappa shape index (κ2) is 6.38. The monoisotopic (exact) mass is 201 g/mol. The highest BCUT2D eigenvalue weighted by Crippen LogP contribution is 2.21. The number of aliphatic hydroxyl groups excluding tert-OH is 1. The van der Waals surface area contributed by atoms with E-state index in [0.717, 1.165) is 12.8 Å². The molecule has 0 aromatic heterocycles. The zero-order chi connectivity index (χ0) is 10.4. The lowest BCUT2D eigenvalue weighted by Crippen LogP contribution is -2.48. The molecule has 0 heterocycles. The molecule has 1 aliphatic rings. The maximum Gasteiger partial charge on any atom is 0.0724 e. The van der Waals surface area contributed by atoms with Crippen molar-refractivity contribution in [2.24, 2.45) is 0 Å². The third-order valence-corrected chi connectivity index (χ3v) is 3.17. The summed E-state index contributed by atoms with van der Waals surface area (Å²) in [5.74, 6) is 0. The lowest BCUT2D eigenvalue weighted by molar-refractivity contribution is 0.0341. The molecule has 3 heteroatoms. The van der Waals surface area contributed by atoms with E-state index in [0.29, 0.717) is 12.1 Å². The summed E-state index contributed by atoms with van der Waals surface area (Å²) >= 11 is 0. The van der Waals surface area contributed by atoms with Crippen LogP contribution in [0.15, 0.2) is 0 Å². The zero-order valence-corrected chi connectivity index (χ0v) is 9.33. The predicted molar refractivity (Wildman–Crippen MR) is 57.4 cm³/mol. The van der Waals surface area contributed by atoms with E-state index in [1.165, 1.54) is 19.3 Å². The fourth-order valence-corrected chi connectivity index (χ4v) is 2.17. The van der Waals surface area contributed by atoms with E-state index in [9.17, 15) is 0 Å². The molecule has 1 rings (SSSR count). The summed E-state index contributed by atoms with van der Waals surface area (Å²) in [6.45, 7) is 2.32. The Morgan fingerprint density at radius 1 is 1.43 bits per heavy atom. The van der Waals surface area contributed by atoms with Gasteiger partial charge in [0.1, 0.15) is 0 Å². The van der Waals surface area contributed by atoms with E-state index in [-0.39, 0.29) is 12.6 Å². The highest BCUT2D eigenvalue weighted by atomic mass is 16.5. The molecule has 14 heavy (non-hydrogen) atoms. The molecule has 0 aromatic rings. The fourth-order valence-electron chi connectivity index (χ4n) is 2.17. The molecule has 2 unspecified atom stereocenters. The van der Waals surface area contributed by atoms with E-state index in [1.54, 1.807) is 7.11 Å². The zero-order valence-electron chi connectivity index (χ0n) is 9.33. The van der Waals surface area contributed by atoms with Crippen molar-refractivity contribution in [2.45, 2.75) is 57.2 Å². The van der Waals surface area contributed by atoms with Crippen LogP contribution in [0.25, 0.3) is 0 Å². The van der Waals surface area contributed by atoms with Gasteiger partial charge in [-0.1, -0.05) is 19.8 Å². The van der Waals surface area contributed by atoms with E-state index in [2.05, 4.69) is 12.2 Å². The Morgan fingerprint density at radius 3 is 2.71 bits per heavy atom. The number of nitrogens with one attached hydrogen (secondary N) is 1. The minimum absolute atomic E-state index is 0.226. The number of rotatable bonds is 5. The van der Waals surface area contributed by atoms with Crippen LogP contribution >= 0.6 is 0 Å². The maximum atomic E-state index is 9.11. The molecule has 84 valence electrons. The van der Waals surface area contributed by atoms with Gasteiger partial charge in [0.25, 0.3) is 0 Å². The first-order valence-electron chi connectivity index (χ1n) is 5.71. The minimum atomic E-state index is 0.226. The Balaban J connectivity index is 2.39. The lowest BCUT2D eigenvalue weighted by atomic mass is 9.91. The van der Waals surface area contributed by atoms with Crippen molar-refractivity contribution in [3.8, 4) is 0 Å². The number of ether oxygens (including phenoxy) is 1. The summed E-state index contributed by atoms with van der Waals surface area (Å²) in [6.07, 6.45) is 6.19. The Morgan fingerprint density at radius 2 is 2.14 bits per heavy atom. The van der Waals surface area contributed by atoms with Gasteiger partial charge >= 0.3 is 0 Å². The molecule has 2 N–H and O–H groups in total. The summed E-state index contributed by atoms with van der Waals surface area (Å²) < 4.78 is 5.45. The molecule has 1 aliphatic carbocycles. The van der Waals surface area contributed by atoms with Crippen molar-refractivity contribution in [2.75, 3.05) is 13.7 Å². The molecule has 0 spiro atoms. The number of methoxy groups -OCH3 is 1. The molecule has 1 fully saturated rings. The number of hydrogen-bond donors (Lipinski definition) is 2. The maximum absolute atomic E-state index is 9.11. The molecule has 0 amide bonds. The predicted octanol–water partition coefficient (Wildman–Crippen LogP) is 1.30. The summed E-state index contributed by atoms with van der Waals surface area (Å²) in [5.41, 5.74) is 0. The van der Waals surface area contributed by atoms with Gasteiger partial charge in [-0.2, -0.15) is 0 Å². The third-order valence-electron chi connectivity index (χ3n) is 3.17.